The first-order chi connectivity index (χ1) is 15.3. The Morgan fingerprint density at radius 1 is 1.12 bits per heavy atom. The van der Waals surface area contributed by atoms with Crippen LogP contribution in [0.2, 0.25) is 0 Å². The van der Waals surface area contributed by atoms with E-state index < -0.39 is 11.8 Å². The normalized spacial score (nSPS) is 13.5. The Morgan fingerprint density at radius 2 is 1.84 bits per heavy atom. The fraction of sp³-hybridized carbons (Fsp3) is 0.455. The quantitative estimate of drug-likeness (QED) is 0.538. The summed E-state index contributed by atoms with van der Waals surface area (Å²) < 4.78 is 10.7. The zero-order valence-electron chi connectivity index (χ0n) is 18.6. The fourth-order valence-electron chi connectivity index (χ4n) is 3.24. The van der Waals surface area contributed by atoms with Gasteiger partial charge in [0.2, 0.25) is 11.9 Å². The van der Waals surface area contributed by atoms with Crippen molar-refractivity contribution in [1.29, 1.82) is 0 Å². The molecular formula is C22H29N5O5. The van der Waals surface area contributed by atoms with E-state index in [2.05, 4.69) is 20.8 Å². The molecular weight excluding hydrogens is 414 g/mol. The minimum absolute atomic E-state index is 0.0286. The van der Waals surface area contributed by atoms with Gasteiger partial charge in [-0.05, 0) is 50.5 Å². The summed E-state index contributed by atoms with van der Waals surface area (Å²) in [5.74, 6) is 0.195. The smallest absolute Gasteiger partial charge is 0.276 e. The number of hydrogen-bond donors (Lipinski definition) is 3. The summed E-state index contributed by atoms with van der Waals surface area (Å²) in [4.78, 5) is 45.7. The molecule has 0 bridgehead atoms. The molecule has 0 aliphatic carbocycles. The van der Waals surface area contributed by atoms with Gasteiger partial charge in [0.15, 0.2) is 6.61 Å². The van der Waals surface area contributed by atoms with Gasteiger partial charge in [0, 0.05) is 30.8 Å². The highest BCUT2D eigenvalue weighted by atomic mass is 16.5. The first-order valence-electron chi connectivity index (χ1n) is 10.5. The van der Waals surface area contributed by atoms with Gasteiger partial charge in [-0.2, -0.15) is 0 Å². The van der Waals surface area contributed by atoms with Gasteiger partial charge in [0.05, 0.1) is 13.2 Å². The van der Waals surface area contributed by atoms with Crippen molar-refractivity contribution in [2.24, 2.45) is 0 Å². The summed E-state index contributed by atoms with van der Waals surface area (Å²) >= 11 is 0. The summed E-state index contributed by atoms with van der Waals surface area (Å²) in [6.45, 7) is 7.98. The monoisotopic (exact) mass is 443 g/mol. The number of aromatic amines is 1. The molecule has 0 unspecified atom stereocenters. The number of benzene rings is 1. The second kappa shape index (κ2) is 10.8. The molecule has 3 rings (SSSR count). The fourth-order valence-corrected chi connectivity index (χ4v) is 3.24. The van der Waals surface area contributed by atoms with E-state index in [4.69, 9.17) is 9.47 Å². The molecule has 2 amide bonds. The maximum absolute atomic E-state index is 12.5. The average molecular weight is 444 g/mol. The Morgan fingerprint density at radius 3 is 2.53 bits per heavy atom. The Balaban J connectivity index is 1.44. The molecule has 1 aromatic heterocycles. The van der Waals surface area contributed by atoms with E-state index in [0.29, 0.717) is 49.3 Å². The lowest BCUT2D eigenvalue weighted by Gasteiger charge is -2.27. The van der Waals surface area contributed by atoms with Gasteiger partial charge in [-0.1, -0.05) is 6.07 Å². The van der Waals surface area contributed by atoms with E-state index in [1.54, 1.807) is 13.0 Å². The Kier molecular flexibility index (Phi) is 7.82. The van der Waals surface area contributed by atoms with Gasteiger partial charge in [0.1, 0.15) is 5.75 Å². The molecule has 32 heavy (non-hydrogen) atoms. The van der Waals surface area contributed by atoms with Crippen LogP contribution in [-0.2, 0) is 20.7 Å². The number of morpholine rings is 1. The number of amides is 2. The highest BCUT2D eigenvalue weighted by molar-refractivity contribution is 5.82. The molecule has 1 saturated heterocycles. The van der Waals surface area contributed by atoms with Gasteiger partial charge in [-0.3, -0.25) is 30.2 Å². The third-order valence-electron chi connectivity index (χ3n) is 5.31. The highest BCUT2D eigenvalue weighted by Crippen LogP contribution is 2.16. The van der Waals surface area contributed by atoms with Crippen molar-refractivity contribution < 1.29 is 19.1 Å². The summed E-state index contributed by atoms with van der Waals surface area (Å²) in [7, 11) is 0. The summed E-state index contributed by atoms with van der Waals surface area (Å²) in [6, 6.07) is 5.54. The first-order valence-corrected chi connectivity index (χ1v) is 10.5. The van der Waals surface area contributed by atoms with E-state index in [-0.39, 0.29) is 25.0 Å². The van der Waals surface area contributed by atoms with E-state index in [9.17, 15) is 14.4 Å². The number of anilines is 1. The van der Waals surface area contributed by atoms with Crippen LogP contribution in [0.3, 0.4) is 0 Å². The van der Waals surface area contributed by atoms with Gasteiger partial charge in [-0.15, -0.1) is 0 Å². The lowest BCUT2D eigenvalue weighted by Crippen LogP contribution is -2.44. The maximum Gasteiger partial charge on any atom is 0.276 e. The molecule has 1 aliphatic heterocycles. The van der Waals surface area contributed by atoms with Crippen LogP contribution in [-0.4, -0.2) is 54.7 Å². The van der Waals surface area contributed by atoms with Crippen LogP contribution in [0.25, 0.3) is 0 Å². The number of nitrogens with zero attached hydrogens (tertiary/aromatic N) is 2. The number of aromatic nitrogens is 2. The molecule has 172 valence electrons. The van der Waals surface area contributed by atoms with Crippen molar-refractivity contribution >= 4 is 17.8 Å². The van der Waals surface area contributed by atoms with Gasteiger partial charge < -0.3 is 14.4 Å². The van der Waals surface area contributed by atoms with Gasteiger partial charge in [-0.25, -0.2) is 4.98 Å². The number of hydrazine groups is 1. The number of aryl methyl sites for hydroxylation is 3. The predicted octanol–water partition coefficient (Wildman–Crippen LogP) is 0.691. The Hall–Kier alpha value is -3.40. The standard InChI is InChI=1S/C22H29N5O5/c1-14-4-5-17(12-15(14)2)32-13-20(29)26-25-19(28)7-6-18-16(3)23-22(24-21(18)30)27-8-10-31-11-9-27/h4-5,12H,6-11,13H2,1-3H3,(H,25,28)(H,26,29)(H,23,24,30). The number of H-pyrrole nitrogens is 1. The van der Waals surface area contributed by atoms with E-state index in [1.807, 2.05) is 30.9 Å². The topological polar surface area (TPSA) is 126 Å². The molecule has 0 spiro atoms. The zero-order valence-corrected chi connectivity index (χ0v) is 18.6. The average Bonchev–Trinajstić information content (AvgIpc) is 2.78. The van der Waals surface area contributed by atoms with E-state index in [0.717, 1.165) is 11.1 Å². The predicted molar refractivity (Wildman–Crippen MR) is 119 cm³/mol. The summed E-state index contributed by atoms with van der Waals surface area (Å²) in [5, 5.41) is 0. The number of carbonyl (C=O) groups excluding carboxylic acids is 2. The maximum atomic E-state index is 12.5. The zero-order chi connectivity index (χ0) is 23.1. The molecule has 0 radical (unpaired) electrons. The van der Waals surface area contributed by atoms with Gasteiger partial charge >= 0.3 is 0 Å². The SMILES string of the molecule is Cc1ccc(OCC(=O)NNC(=O)CCc2c(C)nc(N3CCOCC3)[nH]c2=O)cc1C. The van der Waals surface area contributed by atoms with Crippen LogP contribution >= 0.6 is 0 Å². The van der Waals surface area contributed by atoms with Gasteiger partial charge in [0.25, 0.3) is 11.5 Å². The molecule has 2 aromatic rings. The largest absolute Gasteiger partial charge is 0.484 e. The number of nitrogens with one attached hydrogen (secondary N) is 3. The molecule has 1 aromatic carbocycles. The van der Waals surface area contributed by atoms with Crippen molar-refractivity contribution in [3.63, 3.8) is 0 Å². The van der Waals surface area contributed by atoms with Crippen LogP contribution in [0, 0.1) is 20.8 Å². The second-order valence-electron chi connectivity index (χ2n) is 7.68. The Labute approximate surface area is 186 Å². The van der Waals surface area contributed by atoms with Crippen molar-refractivity contribution in [2.45, 2.75) is 33.6 Å². The third-order valence-corrected chi connectivity index (χ3v) is 5.31. The third kappa shape index (κ3) is 6.30. The molecule has 1 fully saturated rings. The molecule has 3 N–H and O–H groups in total. The molecule has 10 heteroatoms. The number of ether oxygens (including phenoxy) is 2. The van der Waals surface area contributed by atoms with Crippen molar-refractivity contribution in [1.82, 2.24) is 20.8 Å². The number of rotatable bonds is 7. The Bertz CT molecular complexity index is 1030. The van der Waals surface area contributed by atoms with E-state index in [1.165, 1.54) is 0 Å². The minimum Gasteiger partial charge on any atom is -0.484 e. The lowest BCUT2D eigenvalue weighted by atomic mass is 10.1. The molecule has 1 aliphatic rings. The van der Waals surface area contributed by atoms with Crippen LogP contribution in [0.5, 0.6) is 5.75 Å². The van der Waals surface area contributed by atoms with Crippen LogP contribution in [0.1, 0.15) is 28.8 Å². The number of carbonyl (C=O) groups is 2. The minimum atomic E-state index is -0.484. The molecule has 0 atom stereocenters. The molecule has 2 heterocycles. The van der Waals surface area contributed by atoms with Crippen LogP contribution in [0.4, 0.5) is 5.95 Å². The van der Waals surface area contributed by atoms with Crippen molar-refractivity contribution in [3.8, 4) is 5.75 Å². The van der Waals surface area contributed by atoms with Crippen molar-refractivity contribution in [2.75, 3.05) is 37.8 Å². The molecule has 0 saturated carbocycles. The van der Waals surface area contributed by atoms with Crippen molar-refractivity contribution in [3.05, 3.63) is 50.9 Å². The molecule has 10 nitrogen and oxygen atoms in total. The lowest BCUT2D eigenvalue weighted by molar-refractivity contribution is -0.130. The highest BCUT2D eigenvalue weighted by Gasteiger charge is 2.17. The van der Waals surface area contributed by atoms with Crippen LogP contribution < -0.4 is 26.0 Å². The van der Waals surface area contributed by atoms with E-state index >= 15 is 0 Å². The second-order valence-corrected chi connectivity index (χ2v) is 7.68. The van der Waals surface area contributed by atoms with Crippen LogP contribution in [0.15, 0.2) is 23.0 Å². The number of hydrogen-bond acceptors (Lipinski definition) is 7. The first kappa shape index (κ1) is 23.3. The summed E-state index contributed by atoms with van der Waals surface area (Å²) in [6.07, 6.45) is 0.235. The summed E-state index contributed by atoms with van der Waals surface area (Å²) in [5.41, 5.74) is 7.61.